The fourth-order valence-corrected chi connectivity index (χ4v) is 4.43. The lowest BCUT2D eigenvalue weighted by atomic mass is 9.83. The van der Waals surface area contributed by atoms with Crippen LogP contribution in [0.4, 0.5) is 22.0 Å². The molecule has 3 rings (SSSR count). The van der Waals surface area contributed by atoms with Crippen LogP contribution in [0.5, 0.6) is 0 Å². The maximum absolute atomic E-state index is 14.2. The quantitative estimate of drug-likeness (QED) is 0.745. The number of sulfone groups is 1. The van der Waals surface area contributed by atoms with Crippen LogP contribution in [0.2, 0.25) is 0 Å². The minimum absolute atomic E-state index is 0.0901. The van der Waals surface area contributed by atoms with Gasteiger partial charge in [-0.25, -0.2) is 17.2 Å². The average Bonchev–Trinajstić information content (AvgIpc) is 2.90. The molecule has 1 aromatic carbocycles. The topological polar surface area (TPSA) is 101 Å². The molecule has 0 spiro atoms. The SMILES string of the molecule is N#CC1=CC(F)=CC(c2ccc(S(=O)(=O)C(F)(F)F)c3c2C[C@H](F)[C@@H]3N)C1=O. The highest BCUT2D eigenvalue weighted by Crippen LogP contribution is 2.44. The summed E-state index contributed by atoms with van der Waals surface area (Å²) in [6, 6.07) is 1.33. The molecule has 2 aliphatic rings. The zero-order valence-corrected chi connectivity index (χ0v) is 14.6. The number of allylic oxidation sites excluding steroid dienone is 4. The number of carbonyl (C=O) groups excluding carboxylic acids is 1. The number of nitrogens with two attached hydrogens (primary N) is 1. The Morgan fingerprint density at radius 2 is 1.89 bits per heavy atom. The minimum Gasteiger partial charge on any atom is -0.322 e. The fraction of sp³-hybridized carbons (Fsp3) is 0.294. The van der Waals surface area contributed by atoms with Gasteiger partial charge in [0, 0.05) is 6.42 Å². The second kappa shape index (κ2) is 6.49. The average molecular weight is 418 g/mol. The number of Topliss-reactive ketones (excluding diaryl/α,β-unsaturated/α-hetero) is 1. The summed E-state index contributed by atoms with van der Waals surface area (Å²) < 4.78 is 90.7. The standard InChI is InChI=1S/C17H11F5N2O3S/c18-8-3-7(6-23)16(25)11(4-8)9-1-2-13(28(26,27)17(20,21)22)14-10(9)5-12(19)15(14)24/h1-4,11-12,15H,5,24H2/t11?,12-,15-/m0/s1. The molecule has 2 N–H and O–H groups in total. The summed E-state index contributed by atoms with van der Waals surface area (Å²) in [4.78, 5) is 11.2. The van der Waals surface area contributed by atoms with Gasteiger partial charge >= 0.3 is 5.51 Å². The van der Waals surface area contributed by atoms with Crippen LogP contribution in [0.1, 0.15) is 28.7 Å². The molecular formula is C17H11F5N2O3S. The third-order valence-corrected chi connectivity index (χ3v) is 6.23. The Morgan fingerprint density at radius 1 is 1.25 bits per heavy atom. The molecule has 0 fully saturated rings. The van der Waals surface area contributed by atoms with Crippen molar-refractivity contribution in [1.29, 1.82) is 5.26 Å². The number of hydrogen-bond acceptors (Lipinski definition) is 5. The summed E-state index contributed by atoms with van der Waals surface area (Å²) in [6.45, 7) is 0. The highest BCUT2D eigenvalue weighted by atomic mass is 32.2. The van der Waals surface area contributed by atoms with E-state index >= 15 is 0 Å². The van der Waals surface area contributed by atoms with Gasteiger partial charge in [-0.05, 0) is 34.9 Å². The molecule has 0 saturated carbocycles. The van der Waals surface area contributed by atoms with Gasteiger partial charge in [0.1, 0.15) is 18.1 Å². The summed E-state index contributed by atoms with van der Waals surface area (Å²) in [5.74, 6) is -3.18. The first kappa shape index (κ1) is 20.2. The van der Waals surface area contributed by atoms with Crippen molar-refractivity contribution in [2.45, 2.75) is 35.0 Å². The molecule has 0 amide bonds. The van der Waals surface area contributed by atoms with E-state index in [1.807, 2.05) is 0 Å². The molecule has 0 bridgehead atoms. The Kier molecular flexibility index (Phi) is 4.68. The van der Waals surface area contributed by atoms with E-state index in [4.69, 9.17) is 11.0 Å². The number of alkyl halides is 4. The first-order valence-electron chi connectivity index (χ1n) is 7.80. The Morgan fingerprint density at radius 3 is 2.46 bits per heavy atom. The first-order valence-corrected chi connectivity index (χ1v) is 9.28. The molecule has 0 saturated heterocycles. The molecule has 0 aromatic heterocycles. The van der Waals surface area contributed by atoms with E-state index in [0.29, 0.717) is 12.1 Å². The molecule has 0 aliphatic heterocycles. The second-order valence-corrected chi connectivity index (χ2v) is 8.21. The number of ketones is 1. The Bertz CT molecular complexity index is 1080. The molecule has 2 aliphatic carbocycles. The number of rotatable bonds is 2. The van der Waals surface area contributed by atoms with E-state index in [9.17, 15) is 35.2 Å². The van der Waals surface area contributed by atoms with Crippen molar-refractivity contribution in [3.05, 3.63) is 52.4 Å². The van der Waals surface area contributed by atoms with Crippen molar-refractivity contribution in [3.8, 4) is 6.07 Å². The van der Waals surface area contributed by atoms with Gasteiger partial charge < -0.3 is 5.73 Å². The molecule has 1 unspecified atom stereocenters. The van der Waals surface area contributed by atoms with Crippen molar-refractivity contribution in [2.24, 2.45) is 5.73 Å². The number of halogens is 5. The highest BCUT2D eigenvalue weighted by Gasteiger charge is 2.50. The van der Waals surface area contributed by atoms with E-state index in [1.165, 1.54) is 6.07 Å². The normalized spacial score (nSPS) is 25.0. The van der Waals surface area contributed by atoms with Gasteiger partial charge in [-0.3, -0.25) is 4.79 Å². The van der Waals surface area contributed by atoms with Gasteiger partial charge in [-0.15, -0.1) is 0 Å². The van der Waals surface area contributed by atoms with Crippen molar-refractivity contribution in [2.75, 3.05) is 0 Å². The number of benzene rings is 1. The number of nitrogens with zero attached hydrogens (tertiary/aromatic N) is 1. The Labute approximate surface area is 155 Å². The lowest BCUT2D eigenvalue weighted by Gasteiger charge is -2.21. The van der Waals surface area contributed by atoms with Crippen LogP contribution in [0, 0.1) is 11.3 Å². The third kappa shape index (κ3) is 2.93. The van der Waals surface area contributed by atoms with Crippen LogP contribution in [-0.2, 0) is 21.1 Å². The maximum atomic E-state index is 14.2. The van der Waals surface area contributed by atoms with Gasteiger partial charge in [-0.2, -0.15) is 18.4 Å². The molecule has 11 heteroatoms. The third-order valence-electron chi connectivity index (χ3n) is 4.68. The number of nitriles is 1. The summed E-state index contributed by atoms with van der Waals surface area (Å²) in [6.07, 6.45) is -0.909. The van der Waals surface area contributed by atoms with E-state index < -0.39 is 67.5 Å². The van der Waals surface area contributed by atoms with Gasteiger partial charge in [0.05, 0.1) is 22.4 Å². The van der Waals surface area contributed by atoms with E-state index in [2.05, 4.69) is 0 Å². The van der Waals surface area contributed by atoms with Gasteiger partial charge in [0.2, 0.25) is 0 Å². The molecule has 28 heavy (non-hydrogen) atoms. The summed E-state index contributed by atoms with van der Waals surface area (Å²) >= 11 is 0. The van der Waals surface area contributed by atoms with Gasteiger partial charge in [-0.1, -0.05) is 6.07 Å². The molecule has 0 heterocycles. The van der Waals surface area contributed by atoms with Crippen molar-refractivity contribution >= 4 is 15.6 Å². The maximum Gasteiger partial charge on any atom is 0.501 e. The number of fused-ring (bicyclic) bond motifs is 1. The van der Waals surface area contributed by atoms with Crippen LogP contribution >= 0.6 is 0 Å². The lowest BCUT2D eigenvalue weighted by Crippen LogP contribution is -2.27. The van der Waals surface area contributed by atoms with Gasteiger partial charge in [0.25, 0.3) is 9.84 Å². The summed E-state index contributed by atoms with van der Waals surface area (Å²) in [7, 11) is -5.83. The zero-order chi connectivity index (χ0) is 21.0. The molecule has 148 valence electrons. The van der Waals surface area contributed by atoms with Crippen LogP contribution in [0.15, 0.2) is 40.6 Å². The minimum atomic E-state index is -5.83. The second-order valence-electron chi connectivity index (χ2n) is 6.30. The predicted molar refractivity (Wildman–Crippen MR) is 85.8 cm³/mol. The Balaban J connectivity index is 2.26. The number of hydrogen-bond donors (Lipinski definition) is 1. The van der Waals surface area contributed by atoms with E-state index in [0.717, 1.165) is 12.1 Å². The monoisotopic (exact) mass is 418 g/mol. The predicted octanol–water partition coefficient (Wildman–Crippen LogP) is 2.84. The lowest BCUT2D eigenvalue weighted by molar-refractivity contribution is -0.115. The summed E-state index contributed by atoms with van der Waals surface area (Å²) in [5.41, 5.74) is -1.44. The molecule has 5 nitrogen and oxygen atoms in total. The molecular weight excluding hydrogens is 407 g/mol. The van der Waals surface area contributed by atoms with Crippen LogP contribution in [-0.4, -0.2) is 25.9 Å². The summed E-state index contributed by atoms with van der Waals surface area (Å²) in [5, 5.41) is 8.94. The van der Waals surface area contributed by atoms with Crippen molar-refractivity contribution < 1.29 is 35.2 Å². The molecule has 3 atom stereocenters. The highest BCUT2D eigenvalue weighted by molar-refractivity contribution is 7.92. The van der Waals surface area contributed by atoms with Crippen LogP contribution in [0.25, 0.3) is 0 Å². The smallest absolute Gasteiger partial charge is 0.322 e. The zero-order valence-electron chi connectivity index (χ0n) is 13.8. The van der Waals surface area contributed by atoms with Crippen LogP contribution in [0.3, 0.4) is 0 Å². The number of carbonyl (C=O) groups is 1. The Hall–Kier alpha value is -2.58. The first-order chi connectivity index (χ1) is 12.9. The van der Waals surface area contributed by atoms with Crippen molar-refractivity contribution in [1.82, 2.24) is 0 Å². The van der Waals surface area contributed by atoms with E-state index in [-0.39, 0.29) is 11.1 Å². The largest absolute Gasteiger partial charge is 0.501 e. The van der Waals surface area contributed by atoms with Crippen LogP contribution < -0.4 is 5.73 Å². The van der Waals surface area contributed by atoms with Gasteiger partial charge in [0.15, 0.2) is 5.78 Å². The molecule has 0 radical (unpaired) electrons. The fourth-order valence-electron chi connectivity index (χ4n) is 3.38. The van der Waals surface area contributed by atoms with Crippen molar-refractivity contribution in [3.63, 3.8) is 0 Å². The van der Waals surface area contributed by atoms with E-state index in [1.54, 1.807) is 0 Å². The molecule has 1 aromatic rings.